The number of rotatable bonds is 3. The topological polar surface area (TPSA) is 17.1 Å². The van der Waals surface area contributed by atoms with E-state index in [1.54, 1.807) is 11.8 Å². The highest BCUT2D eigenvalue weighted by Crippen LogP contribution is 2.26. The van der Waals surface area contributed by atoms with Gasteiger partial charge < -0.3 is 0 Å². The number of ketones is 1. The molecule has 1 rings (SSSR count). The summed E-state index contributed by atoms with van der Waals surface area (Å²) < 4.78 is 1.05. The van der Waals surface area contributed by atoms with Gasteiger partial charge in [-0.2, -0.15) is 0 Å². The maximum absolute atomic E-state index is 11.4. The minimum atomic E-state index is 0.197. The Balaban J connectivity index is 3.06. The lowest BCUT2D eigenvalue weighted by atomic mass is 10.1. The van der Waals surface area contributed by atoms with Crippen molar-refractivity contribution in [1.29, 1.82) is 0 Å². The lowest BCUT2D eigenvalue weighted by Gasteiger charge is -2.03. The number of hydrogen-bond acceptors (Lipinski definition) is 2. The molecule has 13 heavy (non-hydrogen) atoms. The summed E-state index contributed by atoms with van der Waals surface area (Å²) in [5, 5.41) is 0. The number of Topliss-reactive ketones (excluding diaryl/α,β-unsaturated/α-hetero) is 1. The van der Waals surface area contributed by atoms with E-state index >= 15 is 0 Å². The number of carbonyl (C=O) groups is 1. The van der Waals surface area contributed by atoms with Gasteiger partial charge in [0.15, 0.2) is 5.78 Å². The lowest BCUT2D eigenvalue weighted by molar-refractivity contribution is 0.0988. The highest BCUT2D eigenvalue weighted by molar-refractivity contribution is 9.10. The van der Waals surface area contributed by atoms with Crippen LogP contribution < -0.4 is 0 Å². The number of carbonyl (C=O) groups excluding carboxylic acids is 1. The molecule has 0 heterocycles. The molecule has 0 amide bonds. The van der Waals surface area contributed by atoms with E-state index in [1.165, 1.54) is 0 Å². The Morgan fingerprint density at radius 3 is 2.77 bits per heavy atom. The fourth-order valence-electron chi connectivity index (χ4n) is 1.04. The normalized spacial score (nSPS) is 10.1. The SMILES string of the molecule is CCC(=O)c1ccc(Br)c(SC)c1. The van der Waals surface area contributed by atoms with Crippen molar-refractivity contribution < 1.29 is 4.79 Å². The van der Waals surface area contributed by atoms with Crippen LogP contribution in [0.15, 0.2) is 27.6 Å². The molecule has 0 aromatic heterocycles. The van der Waals surface area contributed by atoms with E-state index in [2.05, 4.69) is 15.9 Å². The summed E-state index contributed by atoms with van der Waals surface area (Å²) in [5.41, 5.74) is 0.801. The van der Waals surface area contributed by atoms with Crippen molar-refractivity contribution in [3.05, 3.63) is 28.2 Å². The van der Waals surface area contributed by atoms with Crippen molar-refractivity contribution in [2.75, 3.05) is 6.26 Å². The van der Waals surface area contributed by atoms with Crippen molar-refractivity contribution in [1.82, 2.24) is 0 Å². The van der Waals surface area contributed by atoms with Gasteiger partial charge in [-0.05, 0) is 34.3 Å². The van der Waals surface area contributed by atoms with Gasteiger partial charge in [0.2, 0.25) is 0 Å². The zero-order valence-electron chi connectivity index (χ0n) is 7.63. The maximum Gasteiger partial charge on any atom is 0.162 e. The molecule has 0 aliphatic heterocycles. The Kier molecular flexibility index (Phi) is 4.00. The van der Waals surface area contributed by atoms with E-state index < -0.39 is 0 Å². The molecule has 0 aliphatic carbocycles. The second-order valence-corrected chi connectivity index (χ2v) is 4.33. The average Bonchev–Trinajstić information content (AvgIpc) is 2.17. The minimum Gasteiger partial charge on any atom is -0.294 e. The van der Waals surface area contributed by atoms with Crippen LogP contribution in [0.2, 0.25) is 0 Å². The fourth-order valence-corrected chi connectivity index (χ4v) is 2.28. The quantitative estimate of drug-likeness (QED) is 0.607. The smallest absolute Gasteiger partial charge is 0.162 e. The molecule has 0 bridgehead atoms. The third kappa shape index (κ3) is 2.58. The summed E-state index contributed by atoms with van der Waals surface area (Å²) in [6, 6.07) is 5.71. The highest BCUT2D eigenvalue weighted by atomic mass is 79.9. The first-order chi connectivity index (χ1) is 6.19. The predicted molar refractivity (Wildman–Crippen MR) is 60.5 cm³/mol. The molecule has 0 fully saturated rings. The highest BCUT2D eigenvalue weighted by Gasteiger charge is 2.05. The molecular formula is C10H11BrOS. The summed E-state index contributed by atoms with van der Waals surface area (Å²) in [4.78, 5) is 12.5. The van der Waals surface area contributed by atoms with E-state index in [4.69, 9.17) is 0 Å². The molecule has 0 N–H and O–H groups in total. The summed E-state index contributed by atoms with van der Waals surface area (Å²) in [6.07, 6.45) is 2.57. The van der Waals surface area contributed by atoms with E-state index in [1.807, 2.05) is 31.4 Å². The van der Waals surface area contributed by atoms with Gasteiger partial charge in [0.1, 0.15) is 0 Å². The van der Waals surface area contributed by atoms with Gasteiger partial charge in [0.05, 0.1) is 0 Å². The van der Waals surface area contributed by atoms with Crippen molar-refractivity contribution in [3.8, 4) is 0 Å². The van der Waals surface area contributed by atoms with Crippen LogP contribution >= 0.6 is 27.7 Å². The van der Waals surface area contributed by atoms with Gasteiger partial charge in [0.25, 0.3) is 0 Å². The summed E-state index contributed by atoms with van der Waals surface area (Å²) >= 11 is 5.07. The first-order valence-electron chi connectivity index (χ1n) is 4.05. The molecule has 1 nitrogen and oxygen atoms in total. The minimum absolute atomic E-state index is 0.197. The van der Waals surface area contributed by atoms with E-state index in [9.17, 15) is 4.79 Å². The average molecular weight is 259 g/mol. The van der Waals surface area contributed by atoms with Crippen LogP contribution in [0.5, 0.6) is 0 Å². The van der Waals surface area contributed by atoms with Crippen LogP contribution in [-0.2, 0) is 0 Å². The Morgan fingerprint density at radius 1 is 1.54 bits per heavy atom. The Hall–Kier alpha value is -0.280. The van der Waals surface area contributed by atoms with Crippen LogP contribution in [-0.4, -0.2) is 12.0 Å². The monoisotopic (exact) mass is 258 g/mol. The largest absolute Gasteiger partial charge is 0.294 e. The standard InChI is InChI=1S/C10H11BrOS/c1-3-9(12)7-4-5-8(11)10(6-7)13-2/h4-6H,3H2,1-2H3. The van der Waals surface area contributed by atoms with E-state index in [0.29, 0.717) is 6.42 Å². The molecule has 3 heteroatoms. The first kappa shape index (κ1) is 10.8. The first-order valence-corrected chi connectivity index (χ1v) is 6.07. The molecule has 0 spiro atoms. The van der Waals surface area contributed by atoms with Gasteiger partial charge in [-0.15, -0.1) is 11.8 Å². The van der Waals surface area contributed by atoms with Gasteiger partial charge in [0, 0.05) is 21.4 Å². The Morgan fingerprint density at radius 2 is 2.23 bits per heavy atom. The molecule has 1 aromatic carbocycles. The molecule has 0 saturated heterocycles. The Bertz CT molecular complexity index is 323. The fraction of sp³-hybridized carbons (Fsp3) is 0.300. The second kappa shape index (κ2) is 4.82. The lowest BCUT2D eigenvalue weighted by Crippen LogP contribution is -1.96. The Labute approximate surface area is 91.0 Å². The van der Waals surface area contributed by atoms with Crippen LogP contribution in [0.25, 0.3) is 0 Å². The number of benzene rings is 1. The maximum atomic E-state index is 11.4. The molecule has 0 unspecified atom stereocenters. The molecular weight excluding hydrogens is 248 g/mol. The zero-order chi connectivity index (χ0) is 9.84. The van der Waals surface area contributed by atoms with Crippen LogP contribution in [0.3, 0.4) is 0 Å². The molecule has 0 saturated carbocycles. The van der Waals surface area contributed by atoms with Crippen molar-refractivity contribution in [2.24, 2.45) is 0 Å². The summed E-state index contributed by atoms with van der Waals surface area (Å²) in [7, 11) is 0. The van der Waals surface area contributed by atoms with Crippen molar-refractivity contribution >= 4 is 33.5 Å². The molecule has 70 valence electrons. The van der Waals surface area contributed by atoms with Gasteiger partial charge in [-0.1, -0.05) is 13.0 Å². The van der Waals surface area contributed by atoms with Crippen LogP contribution in [0.4, 0.5) is 0 Å². The van der Waals surface area contributed by atoms with Crippen LogP contribution in [0.1, 0.15) is 23.7 Å². The molecule has 0 atom stereocenters. The molecule has 0 aliphatic rings. The third-order valence-corrected chi connectivity index (χ3v) is 3.53. The number of halogens is 1. The summed E-state index contributed by atoms with van der Waals surface area (Å²) in [6.45, 7) is 1.88. The third-order valence-electron chi connectivity index (χ3n) is 1.79. The second-order valence-electron chi connectivity index (χ2n) is 2.63. The van der Waals surface area contributed by atoms with Gasteiger partial charge in [-0.3, -0.25) is 4.79 Å². The number of hydrogen-bond donors (Lipinski definition) is 0. The van der Waals surface area contributed by atoms with Crippen molar-refractivity contribution in [2.45, 2.75) is 18.2 Å². The molecule has 1 aromatic rings. The van der Waals surface area contributed by atoms with Gasteiger partial charge >= 0.3 is 0 Å². The summed E-state index contributed by atoms with van der Waals surface area (Å²) in [5.74, 6) is 0.197. The predicted octanol–water partition coefficient (Wildman–Crippen LogP) is 3.76. The van der Waals surface area contributed by atoms with Gasteiger partial charge in [-0.25, -0.2) is 0 Å². The van der Waals surface area contributed by atoms with Crippen LogP contribution in [0, 0.1) is 0 Å². The van der Waals surface area contributed by atoms with E-state index in [-0.39, 0.29) is 5.78 Å². The number of thioether (sulfide) groups is 1. The molecule has 0 radical (unpaired) electrons. The zero-order valence-corrected chi connectivity index (χ0v) is 10.0. The van der Waals surface area contributed by atoms with E-state index in [0.717, 1.165) is 14.9 Å². The van der Waals surface area contributed by atoms with Crippen molar-refractivity contribution in [3.63, 3.8) is 0 Å².